The summed E-state index contributed by atoms with van der Waals surface area (Å²) >= 11 is 0. The zero-order valence-corrected chi connectivity index (χ0v) is 19.1. The summed E-state index contributed by atoms with van der Waals surface area (Å²) in [7, 11) is 0.878. The van der Waals surface area contributed by atoms with Gasteiger partial charge in [-0.05, 0) is 62.9 Å². The molecule has 0 aromatic heterocycles. The van der Waals surface area contributed by atoms with Crippen molar-refractivity contribution in [3.63, 3.8) is 0 Å². The van der Waals surface area contributed by atoms with Crippen LogP contribution in [0.2, 0.25) is 0 Å². The predicted molar refractivity (Wildman–Crippen MR) is 112 cm³/mol. The Morgan fingerprint density at radius 1 is 1.19 bits per heavy atom. The number of rotatable bonds is 5. The van der Waals surface area contributed by atoms with Gasteiger partial charge in [0.2, 0.25) is 0 Å². The van der Waals surface area contributed by atoms with E-state index in [0.29, 0.717) is 0 Å². The highest BCUT2D eigenvalue weighted by molar-refractivity contribution is 5.83. The van der Waals surface area contributed by atoms with Crippen molar-refractivity contribution >= 4 is 5.97 Å². The first-order valence-electron chi connectivity index (χ1n) is 11.1. The minimum Gasteiger partial charge on any atom is -0.455 e. The third-order valence-corrected chi connectivity index (χ3v) is 8.33. The maximum Gasteiger partial charge on any atom is 0.432 e. The van der Waals surface area contributed by atoms with Gasteiger partial charge >= 0.3 is 12.1 Å². The summed E-state index contributed by atoms with van der Waals surface area (Å²) in [6, 6.07) is 6.89. The molecule has 4 bridgehead atoms. The van der Waals surface area contributed by atoms with Crippen molar-refractivity contribution in [2.45, 2.75) is 64.0 Å². The molecule has 176 valence electrons. The van der Waals surface area contributed by atoms with Crippen molar-refractivity contribution in [3.05, 3.63) is 47.5 Å². The van der Waals surface area contributed by atoms with Gasteiger partial charge in [-0.25, -0.2) is 4.79 Å². The lowest BCUT2D eigenvalue weighted by atomic mass is 9.33. The lowest BCUT2D eigenvalue weighted by Gasteiger charge is -2.71. The number of hydrogen-bond donors (Lipinski definition) is 1. The van der Waals surface area contributed by atoms with Crippen LogP contribution >= 0.6 is 0 Å². The number of allylic oxidation sites excluding steroid dienone is 1. The number of benzene rings is 1. The molecular weight excluding hydrogens is 421 g/mol. The van der Waals surface area contributed by atoms with Crippen LogP contribution in [-0.4, -0.2) is 36.1 Å². The molecule has 0 unspecified atom stereocenters. The van der Waals surface area contributed by atoms with Gasteiger partial charge < -0.3 is 14.6 Å². The van der Waals surface area contributed by atoms with Crippen LogP contribution in [0.25, 0.3) is 0 Å². The summed E-state index contributed by atoms with van der Waals surface area (Å²) in [5.74, 6) is -1.29. The zero-order chi connectivity index (χ0) is 23.7. The van der Waals surface area contributed by atoms with Crippen LogP contribution in [0.4, 0.5) is 13.2 Å². The number of fused-ring (bicyclic) bond motifs is 1. The van der Waals surface area contributed by atoms with Crippen LogP contribution in [0.3, 0.4) is 0 Å². The molecule has 0 saturated heterocycles. The van der Waals surface area contributed by atoms with Crippen LogP contribution in [0, 0.1) is 29.1 Å². The quantitative estimate of drug-likeness (QED) is 0.504. The van der Waals surface area contributed by atoms with Crippen LogP contribution in [0.5, 0.6) is 0 Å². The zero-order valence-electron chi connectivity index (χ0n) is 19.1. The van der Waals surface area contributed by atoms with E-state index in [0.717, 1.165) is 25.5 Å². The first kappa shape index (κ1) is 23.3. The molecule has 1 aromatic carbocycles. The predicted octanol–water partition coefficient (Wildman–Crippen LogP) is 5.01. The lowest BCUT2D eigenvalue weighted by molar-refractivity contribution is -0.286. The largest absolute Gasteiger partial charge is 0.455 e. The van der Waals surface area contributed by atoms with Gasteiger partial charge in [-0.15, -0.1) is 0 Å². The number of alkyl halides is 3. The Morgan fingerprint density at radius 3 is 2.34 bits per heavy atom. The smallest absolute Gasteiger partial charge is 0.432 e. The second-order valence-corrected chi connectivity index (χ2v) is 10.4. The summed E-state index contributed by atoms with van der Waals surface area (Å²) in [5.41, 5.74) is -3.58. The highest BCUT2D eigenvalue weighted by atomic mass is 19.4. The molecule has 1 aromatic rings. The molecule has 2 fully saturated rings. The van der Waals surface area contributed by atoms with Crippen molar-refractivity contribution < 1.29 is 32.5 Å². The molecule has 4 nitrogen and oxygen atoms in total. The molecular formula is C25H31F3O4. The highest BCUT2D eigenvalue weighted by Crippen LogP contribution is 2.72. The van der Waals surface area contributed by atoms with E-state index in [1.807, 2.05) is 6.92 Å². The number of carbonyl (C=O) groups excluding carboxylic acids is 1. The number of methoxy groups -OCH3 is 1. The SMILES string of the molecule is CO[C@](C(=O)O[C@@H]1C=C(C)[C@H]2[C@H]3[C@@H]1[C@]2(C)CC[C@H]3C(C)(C)O)(c1ccccc1)C(F)(F)F. The van der Waals surface area contributed by atoms with Gasteiger partial charge in [0.25, 0.3) is 5.60 Å². The number of halogens is 3. The topological polar surface area (TPSA) is 55.8 Å². The summed E-state index contributed by atoms with van der Waals surface area (Å²) in [5, 5.41) is 10.8. The second-order valence-electron chi connectivity index (χ2n) is 10.4. The van der Waals surface area contributed by atoms with E-state index in [1.54, 1.807) is 26.0 Å². The molecule has 32 heavy (non-hydrogen) atoms. The molecule has 4 aliphatic carbocycles. The van der Waals surface area contributed by atoms with Crippen LogP contribution in [-0.2, 0) is 19.9 Å². The molecule has 0 radical (unpaired) electrons. The van der Waals surface area contributed by atoms with Gasteiger partial charge in [0.05, 0.1) is 5.60 Å². The van der Waals surface area contributed by atoms with E-state index in [4.69, 9.17) is 9.47 Å². The standard InChI is InChI=1S/C25H31F3O4/c1-14-13-17(20-18-16(22(2,3)30)11-12-23(20,4)19(14)18)32-21(29)24(31-5,25(26,27)28)15-9-7-6-8-10-15/h6-10,13,16-20,30H,11-12H2,1-5H3/t16-,17-,18+,19+,20-,23-,24+/m1/s1. The molecule has 0 aliphatic heterocycles. The monoisotopic (exact) mass is 452 g/mol. The summed E-state index contributed by atoms with van der Waals surface area (Å²) in [4.78, 5) is 13.2. The first-order valence-corrected chi connectivity index (χ1v) is 11.1. The van der Waals surface area contributed by atoms with Crippen LogP contribution in [0.1, 0.15) is 46.1 Å². The Balaban J connectivity index is 1.71. The van der Waals surface area contributed by atoms with E-state index in [-0.39, 0.29) is 34.7 Å². The number of carbonyl (C=O) groups is 1. The molecule has 4 aliphatic rings. The molecule has 5 rings (SSSR count). The Bertz CT molecular complexity index is 919. The van der Waals surface area contributed by atoms with Gasteiger partial charge in [0.1, 0.15) is 6.10 Å². The fourth-order valence-electron chi connectivity index (χ4n) is 7.05. The fourth-order valence-corrected chi connectivity index (χ4v) is 7.05. The van der Waals surface area contributed by atoms with Gasteiger partial charge in [0, 0.05) is 18.6 Å². The van der Waals surface area contributed by atoms with Gasteiger partial charge in [-0.3, -0.25) is 0 Å². The van der Waals surface area contributed by atoms with Crippen LogP contribution in [0.15, 0.2) is 42.0 Å². The summed E-state index contributed by atoms with van der Waals surface area (Å²) < 4.78 is 53.5. The van der Waals surface area contributed by atoms with E-state index in [1.165, 1.54) is 24.3 Å². The Kier molecular flexibility index (Phi) is 5.33. The van der Waals surface area contributed by atoms with E-state index >= 15 is 0 Å². The summed E-state index contributed by atoms with van der Waals surface area (Å²) in [6.45, 7) is 7.64. The number of hydrogen-bond acceptors (Lipinski definition) is 4. The first-order chi connectivity index (χ1) is 14.8. The van der Waals surface area contributed by atoms with Crippen LogP contribution < -0.4 is 0 Å². The van der Waals surface area contributed by atoms with Crippen molar-refractivity contribution in [2.75, 3.05) is 7.11 Å². The molecule has 7 atom stereocenters. The van der Waals surface area contributed by atoms with E-state index in [9.17, 15) is 23.1 Å². The molecule has 7 heteroatoms. The molecule has 0 amide bonds. The highest BCUT2D eigenvalue weighted by Gasteiger charge is 2.71. The Labute approximate surface area is 186 Å². The normalized spacial score (nSPS) is 35.9. The van der Waals surface area contributed by atoms with Crippen molar-refractivity contribution in [2.24, 2.45) is 29.1 Å². The van der Waals surface area contributed by atoms with Gasteiger partial charge in [-0.2, -0.15) is 13.2 Å². The minimum atomic E-state index is -5.01. The molecule has 0 spiro atoms. The average Bonchev–Trinajstić information content (AvgIpc) is 2.67. The summed E-state index contributed by atoms with van der Waals surface area (Å²) in [6.07, 6.45) is -2.33. The fraction of sp³-hybridized carbons (Fsp3) is 0.640. The number of ether oxygens (including phenoxy) is 2. The lowest BCUT2D eigenvalue weighted by Crippen LogP contribution is -2.70. The van der Waals surface area contributed by atoms with Gasteiger partial charge in [-0.1, -0.05) is 42.8 Å². The number of esters is 1. The van der Waals surface area contributed by atoms with Crippen molar-refractivity contribution in [1.82, 2.24) is 0 Å². The Morgan fingerprint density at radius 2 is 1.81 bits per heavy atom. The Hall–Kier alpha value is -1.86. The molecule has 2 saturated carbocycles. The van der Waals surface area contributed by atoms with E-state index in [2.05, 4.69) is 6.92 Å². The maximum absolute atomic E-state index is 14.3. The average molecular weight is 453 g/mol. The van der Waals surface area contributed by atoms with Gasteiger partial charge in [0.15, 0.2) is 0 Å². The third-order valence-electron chi connectivity index (χ3n) is 8.33. The maximum atomic E-state index is 14.3. The second kappa shape index (κ2) is 7.32. The minimum absolute atomic E-state index is 0.00639. The van der Waals surface area contributed by atoms with Crippen molar-refractivity contribution in [1.29, 1.82) is 0 Å². The molecule has 1 N–H and O–H groups in total. The third kappa shape index (κ3) is 3.07. The van der Waals surface area contributed by atoms with Crippen molar-refractivity contribution in [3.8, 4) is 0 Å². The number of aliphatic hydroxyl groups is 1. The van der Waals surface area contributed by atoms with E-state index < -0.39 is 29.5 Å². The molecule has 0 heterocycles.